The van der Waals surface area contributed by atoms with Crippen molar-refractivity contribution in [3.05, 3.63) is 0 Å². The number of nitrogens with zero attached hydrogens (tertiary/aromatic N) is 2. The molecule has 2 saturated heterocycles. The van der Waals surface area contributed by atoms with Gasteiger partial charge in [0.25, 0.3) is 0 Å². The van der Waals surface area contributed by atoms with Crippen LogP contribution in [0.2, 0.25) is 0 Å². The minimum Gasteiger partial charge on any atom is -0.298 e. The quantitative estimate of drug-likeness (QED) is 0.724. The van der Waals surface area contributed by atoms with E-state index >= 15 is 0 Å². The lowest BCUT2D eigenvalue weighted by Crippen LogP contribution is -2.58. The Hall–Kier alpha value is 0.270. The summed E-state index contributed by atoms with van der Waals surface area (Å²) in [7, 11) is 0. The number of likely N-dealkylation sites (tertiary alicyclic amines) is 1. The predicted molar refractivity (Wildman–Crippen MR) is 89.0 cm³/mol. The van der Waals surface area contributed by atoms with Gasteiger partial charge in [-0.2, -0.15) is 0 Å². The predicted octanol–water partition coefficient (Wildman–Crippen LogP) is 4.02. The Kier molecular flexibility index (Phi) is 4.99. The summed E-state index contributed by atoms with van der Waals surface area (Å²) in [4.78, 5) is 2.90. The van der Waals surface area contributed by atoms with E-state index in [0.29, 0.717) is 5.54 Å². The van der Waals surface area contributed by atoms with Gasteiger partial charge in [0.05, 0.1) is 0 Å². The van der Waals surface area contributed by atoms with Crippen LogP contribution in [0.4, 0.5) is 0 Å². The average molecular weight is 297 g/mol. The zero-order chi connectivity index (χ0) is 14.0. The van der Waals surface area contributed by atoms with Gasteiger partial charge in [-0.3, -0.25) is 9.21 Å². The largest absolute Gasteiger partial charge is 0.298 e. The first kappa shape index (κ1) is 15.2. The van der Waals surface area contributed by atoms with Gasteiger partial charge in [-0.25, -0.2) is 0 Å². The van der Waals surface area contributed by atoms with E-state index in [9.17, 15) is 0 Å². The van der Waals surface area contributed by atoms with E-state index in [0.717, 1.165) is 11.8 Å². The molecule has 1 spiro atoms. The molecule has 0 aromatic heterocycles. The molecule has 3 heteroatoms. The Bertz CT molecular complexity index is 308. The number of piperidine rings is 2. The van der Waals surface area contributed by atoms with E-state index in [2.05, 4.69) is 22.4 Å². The van der Waals surface area contributed by atoms with Crippen LogP contribution in [0.3, 0.4) is 0 Å². The molecule has 20 heavy (non-hydrogen) atoms. The van der Waals surface area contributed by atoms with Gasteiger partial charge in [-0.1, -0.05) is 18.9 Å². The smallest absolute Gasteiger partial charge is 0.0212 e. The maximum atomic E-state index is 2.90. The average Bonchev–Trinajstić information content (AvgIpc) is 2.44. The van der Waals surface area contributed by atoms with Crippen LogP contribution in [0.1, 0.15) is 58.3 Å². The molecule has 2 heterocycles. The van der Waals surface area contributed by atoms with Gasteiger partial charge in [-0.05, 0) is 82.5 Å². The van der Waals surface area contributed by atoms with Gasteiger partial charge in [0.1, 0.15) is 0 Å². The van der Waals surface area contributed by atoms with Crippen LogP contribution >= 0.6 is 11.9 Å². The van der Waals surface area contributed by atoms with Crippen LogP contribution < -0.4 is 0 Å². The Morgan fingerprint density at radius 1 is 1.10 bits per heavy atom. The minimum absolute atomic E-state index is 0.650. The van der Waals surface area contributed by atoms with Crippen molar-refractivity contribution in [2.75, 3.05) is 32.4 Å². The van der Waals surface area contributed by atoms with E-state index in [1.807, 2.05) is 11.9 Å². The zero-order valence-electron chi connectivity index (χ0n) is 13.4. The third-order valence-corrected chi connectivity index (χ3v) is 7.10. The van der Waals surface area contributed by atoms with Crippen LogP contribution in [-0.2, 0) is 0 Å². The minimum atomic E-state index is 0.650. The lowest BCUT2D eigenvalue weighted by atomic mass is 9.67. The Balaban J connectivity index is 1.46. The summed E-state index contributed by atoms with van der Waals surface area (Å²) in [5.41, 5.74) is 0.650. The Labute approximate surface area is 129 Å². The van der Waals surface area contributed by atoms with Crippen LogP contribution in [-0.4, -0.2) is 47.2 Å². The fraction of sp³-hybridized carbons (Fsp3) is 1.00. The van der Waals surface area contributed by atoms with E-state index in [-0.39, 0.29) is 0 Å². The fourth-order valence-corrected chi connectivity index (χ4v) is 5.24. The molecular formula is C17H32N2S. The number of hydrogen-bond donors (Lipinski definition) is 0. The molecule has 1 atom stereocenters. The molecule has 1 aliphatic carbocycles. The highest BCUT2D eigenvalue weighted by atomic mass is 32.2. The van der Waals surface area contributed by atoms with Crippen molar-refractivity contribution in [2.45, 2.75) is 63.8 Å². The van der Waals surface area contributed by atoms with E-state index in [1.54, 1.807) is 0 Å². The molecule has 1 unspecified atom stereocenters. The van der Waals surface area contributed by atoms with Crippen LogP contribution in [0, 0.1) is 11.8 Å². The highest BCUT2D eigenvalue weighted by Crippen LogP contribution is 2.46. The molecule has 0 aromatic carbocycles. The summed E-state index contributed by atoms with van der Waals surface area (Å²) >= 11 is 1.93. The number of rotatable bonds is 4. The van der Waals surface area contributed by atoms with Gasteiger partial charge in [0.2, 0.25) is 0 Å². The molecule has 0 N–H and O–H groups in total. The summed E-state index contributed by atoms with van der Waals surface area (Å²) in [6.07, 6.45) is 13.9. The van der Waals surface area contributed by atoms with Gasteiger partial charge >= 0.3 is 0 Å². The summed E-state index contributed by atoms with van der Waals surface area (Å²) < 4.78 is 2.53. The van der Waals surface area contributed by atoms with Gasteiger partial charge in [0, 0.05) is 18.6 Å². The SMILES string of the molecule is CSN1CCC(CCN2CCC(C)CC23CCC3)CC1. The third-order valence-electron chi connectivity index (χ3n) is 6.21. The first-order chi connectivity index (χ1) is 9.72. The topological polar surface area (TPSA) is 6.48 Å². The van der Waals surface area contributed by atoms with Gasteiger partial charge < -0.3 is 0 Å². The lowest BCUT2D eigenvalue weighted by molar-refractivity contribution is -0.0381. The molecule has 2 nitrogen and oxygen atoms in total. The zero-order valence-corrected chi connectivity index (χ0v) is 14.3. The van der Waals surface area contributed by atoms with Crippen molar-refractivity contribution in [3.63, 3.8) is 0 Å². The molecular weight excluding hydrogens is 264 g/mol. The van der Waals surface area contributed by atoms with E-state index < -0.39 is 0 Å². The van der Waals surface area contributed by atoms with Gasteiger partial charge in [0.15, 0.2) is 0 Å². The monoisotopic (exact) mass is 296 g/mol. The lowest BCUT2D eigenvalue weighted by Gasteiger charge is -2.55. The second-order valence-electron chi connectivity index (χ2n) is 7.51. The van der Waals surface area contributed by atoms with E-state index in [1.165, 1.54) is 77.5 Å². The standard InChI is InChI=1S/C17H32N2S/c1-15-4-10-18(17(14-15)8-3-9-17)11-5-16-6-12-19(20-2)13-7-16/h15-16H,3-14H2,1-2H3. The normalized spacial score (nSPS) is 32.4. The molecule has 2 aliphatic heterocycles. The highest BCUT2D eigenvalue weighted by molar-refractivity contribution is 7.96. The highest BCUT2D eigenvalue weighted by Gasteiger charge is 2.45. The maximum Gasteiger partial charge on any atom is 0.0212 e. The third kappa shape index (κ3) is 3.20. The summed E-state index contributed by atoms with van der Waals surface area (Å²) in [6, 6.07) is 0. The van der Waals surface area contributed by atoms with Crippen molar-refractivity contribution < 1.29 is 0 Å². The van der Waals surface area contributed by atoms with Crippen molar-refractivity contribution >= 4 is 11.9 Å². The van der Waals surface area contributed by atoms with Crippen molar-refractivity contribution in [3.8, 4) is 0 Å². The summed E-state index contributed by atoms with van der Waals surface area (Å²) in [5, 5.41) is 0. The second-order valence-corrected chi connectivity index (χ2v) is 8.39. The fourth-order valence-electron chi connectivity index (χ4n) is 4.67. The van der Waals surface area contributed by atoms with Crippen LogP contribution in [0.25, 0.3) is 0 Å². The molecule has 0 bridgehead atoms. The Morgan fingerprint density at radius 3 is 2.45 bits per heavy atom. The molecule has 116 valence electrons. The van der Waals surface area contributed by atoms with Gasteiger partial charge in [-0.15, -0.1) is 0 Å². The molecule has 0 aromatic rings. The molecule has 3 rings (SSSR count). The first-order valence-corrected chi connectivity index (χ1v) is 9.94. The second kappa shape index (κ2) is 6.58. The maximum absolute atomic E-state index is 2.90. The Morgan fingerprint density at radius 2 is 1.85 bits per heavy atom. The summed E-state index contributed by atoms with van der Waals surface area (Å²) in [6.45, 7) is 7.86. The molecule has 0 amide bonds. The molecule has 3 fully saturated rings. The molecule has 3 aliphatic rings. The van der Waals surface area contributed by atoms with Crippen molar-refractivity contribution in [2.24, 2.45) is 11.8 Å². The van der Waals surface area contributed by atoms with Crippen molar-refractivity contribution in [1.82, 2.24) is 9.21 Å². The van der Waals surface area contributed by atoms with Crippen molar-refractivity contribution in [1.29, 1.82) is 0 Å². The molecule has 0 radical (unpaired) electrons. The van der Waals surface area contributed by atoms with Crippen LogP contribution in [0.5, 0.6) is 0 Å². The number of hydrogen-bond acceptors (Lipinski definition) is 3. The van der Waals surface area contributed by atoms with E-state index in [4.69, 9.17) is 0 Å². The first-order valence-electron chi connectivity index (χ1n) is 8.76. The summed E-state index contributed by atoms with van der Waals surface area (Å²) in [5.74, 6) is 1.96. The van der Waals surface area contributed by atoms with Crippen LogP contribution in [0.15, 0.2) is 0 Å². The molecule has 1 saturated carbocycles.